The molecule has 0 spiro atoms. The van der Waals surface area contributed by atoms with Crippen LogP contribution in [-0.2, 0) is 0 Å². The summed E-state index contributed by atoms with van der Waals surface area (Å²) in [5, 5.41) is 10.1. The van der Waals surface area contributed by atoms with Crippen molar-refractivity contribution in [1.29, 1.82) is 5.26 Å². The van der Waals surface area contributed by atoms with Gasteiger partial charge in [0.25, 0.3) is 5.95 Å². The summed E-state index contributed by atoms with van der Waals surface area (Å²) in [6.07, 6.45) is 1.65. The predicted molar refractivity (Wildman–Crippen MR) is 104 cm³/mol. The molecule has 1 aliphatic heterocycles. The Labute approximate surface area is 160 Å². The molecule has 0 amide bonds. The van der Waals surface area contributed by atoms with Crippen molar-refractivity contribution in [1.82, 2.24) is 0 Å². The molecule has 6 nitrogen and oxygen atoms in total. The van der Waals surface area contributed by atoms with Crippen LogP contribution < -0.4 is 20.6 Å². The van der Waals surface area contributed by atoms with Gasteiger partial charge in [-0.3, -0.25) is 4.79 Å². The van der Waals surface area contributed by atoms with Crippen LogP contribution in [-0.4, -0.2) is 6.61 Å². The summed E-state index contributed by atoms with van der Waals surface area (Å²) < 4.78 is 16.8. The lowest BCUT2D eigenvalue weighted by Crippen LogP contribution is -2.26. The van der Waals surface area contributed by atoms with Gasteiger partial charge >= 0.3 is 0 Å². The number of ether oxygens (including phenoxy) is 2. The van der Waals surface area contributed by atoms with Crippen LogP contribution in [0.2, 0.25) is 0 Å². The standard InChI is InChI=1S/C22H16N2O4/c1-2-11-26-14-9-7-13(8-10-14)18-16(12-23)21(24)28-22-19(18)20(25)15-5-3-4-6-17(15)27-22/h2-10,18H,1,11,24H2. The van der Waals surface area contributed by atoms with E-state index in [4.69, 9.17) is 19.6 Å². The summed E-state index contributed by atoms with van der Waals surface area (Å²) in [6.45, 7) is 4.00. The number of para-hydroxylation sites is 1. The van der Waals surface area contributed by atoms with Crippen molar-refractivity contribution in [2.75, 3.05) is 6.61 Å². The molecule has 1 unspecified atom stereocenters. The fourth-order valence-electron chi connectivity index (χ4n) is 3.27. The third kappa shape index (κ3) is 2.79. The van der Waals surface area contributed by atoms with Gasteiger partial charge in [-0.15, -0.1) is 0 Å². The molecular formula is C22H16N2O4. The van der Waals surface area contributed by atoms with E-state index in [-0.39, 0.29) is 28.4 Å². The first-order valence-electron chi connectivity index (χ1n) is 8.61. The maximum atomic E-state index is 13.2. The Morgan fingerprint density at radius 3 is 2.68 bits per heavy atom. The molecule has 6 heteroatoms. The van der Waals surface area contributed by atoms with Gasteiger partial charge in [0.2, 0.25) is 11.3 Å². The minimum Gasteiger partial charge on any atom is -0.490 e. The molecule has 138 valence electrons. The predicted octanol–water partition coefficient (Wildman–Crippen LogP) is 3.58. The molecule has 2 N–H and O–H groups in total. The molecule has 2 heterocycles. The molecule has 0 bridgehead atoms. The van der Waals surface area contributed by atoms with E-state index in [1.807, 2.05) is 0 Å². The maximum absolute atomic E-state index is 13.2. The number of hydrogen-bond acceptors (Lipinski definition) is 6. The lowest BCUT2D eigenvalue weighted by molar-refractivity contribution is 0.296. The van der Waals surface area contributed by atoms with Gasteiger partial charge in [0.05, 0.1) is 16.9 Å². The van der Waals surface area contributed by atoms with Gasteiger partial charge in [-0.05, 0) is 29.8 Å². The van der Waals surface area contributed by atoms with Gasteiger partial charge < -0.3 is 19.6 Å². The van der Waals surface area contributed by atoms with E-state index in [9.17, 15) is 10.1 Å². The van der Waals surface area contributed by atoms with Crippen LogP contribution in [0, 0.1) is 11.3 Å². The Hall–Kier alpha value is -3.98. The van der Waals surface area contributed by atoms with Crippen molar-refractivity contribution in [2.24, 2.45) is 5.73 Å². The van der Waals surface area contributed by atoms with Gasteiger partial charge in [0, 0.05) is 0 Å². The van der Waals surface area contributed by atoms with E-state index in [1.54, 1.807) is 54.6 Å². The molecule has 0 fully saturated rings. The normalized spacial score (nSPS) is 15.5. The van der Waals surface area contributed by atoms with Gasteiger partial charge in [0.1, 0.15) is 29.6 Å². The highest BCUT2D eigenvalue weighted by atomic mass is 16.6. The first-order chi connectivity index (χ1) is 13.6. The highest BCUT2D eigenvalue weighted by Crippen LogP contribution is 2.41. The molecule has 3 aromatic rings. The molecule has 0 saturated heterocycles. The minimum absolute atomic E-state index is 0.0113. The molecule has 2 aromatic carbocycles. The molecule has 0 saturated carbocycles. The second-order valence-electron chi connectivity index (χ2n) is 6.22. The van der Waals surface area contributed by atoms with Crippen molar-refractivity contribution in [2.45, 2.75) is 5.92 Å². The number of nitrogens with two attached hydrogens (primary N) is 1. The van der Waals surface area contributed by atoms with E-state index in [1.165, 1.54) is 0 Å². The fourth-order valence-corrected chi connectivity index (χ4v) is 3.27. The van der Waals surface area contributed by atoms with E-state index in [2.05, 4.69) is 12.6 Å². The second kappa shape index (κ2) is 6.97. The summed E-state index contributed by atoms with van der Waals surface area (Å²) in [4.78, 5) is 13.2. The number of nitriles is 1. The maximum Gasteiger partial charge on any atom is 0.300 e. The van der Waals surface area contributed by atoms with E-state index < -0.39 is 5.92 Å². The SMILES string of the molecule is C=CCOc1ccc(C2C(C#N)=C(N)Oc3oc4ccccc4c(=O)c32)cc1. The molecule has 1 aliphatic rings. The topological polar surface area (TPSA) is 98.5 Å². The first kappa shape index (κ1) is 17.4. The van der Waals surface area contributed by atoms with Gasteiger partial charge in [0.15, 0.2) is 0 Å². The van der Waals surface area contributed by atoms with Crippen LogP contribution in [0.3, 0.4) is 0 Å². The third-order valence-corrected chi connectivity index (χ3v) is 4.55. The number of nitrogens with zero attached hydrogens (tertiary/aromatic N) is 1. The number of allylic oxidation sites excluding steroid dienone is 1. The Bertz CT molecular complexity index is 1200. The molecule has 0 aliphatic carbocycles. The van der Waals surface area contributed by atoms with Crippen molar-refractivity contribution < 1.29 is 13.9 Å². The van der Waals surface area contributed by atoms with Crippen LogP contribution in [0.1, 0.15) is 17.0 Å². The lowest BCUT2D eigenvalue weighted by atomic mass is 9.84. The zero-order valence-corrected chi connectivity index (χ0v) is 14.8. The third-order valence-electron chi connectivity index (χ3n) is 4.55. The van der Waals surface area contributed by atoms with E-state index in [0.29, 0.717) is 28.9 Å². The molecule has 28 heavy (non-hydrogen) atoms. The largest absolute Gasteiger partial charge is 0.490 e. The number of rotatable bonds is 4. The Kier molecular flexibility index (Phi) is 4.34. The zero-order chi connectivity index (χ0) is 19.7. The molecule has 1 atom stereocenters. The van der Waals surface area contributed by atoms with E-state index >= 15 is 0 Å². The van der Waals surface area contributed by atoms with Crippen molar-refractivity contribution in [3.05, 3.63) is 94.0 Å². The van der Waals surface area contributed by atoms with Crippen molar-refractivity contribution >= 4 is 11.0 Å². The molecule has 4 rings (SSSR count). The average Bonchev–Trinajstić information content (AvgIpc) is 2.72. The second-order valence-corrected chi connectivity index (χ2v) is 6.22. The van der Waals surface area contributed by atoms with Crippen molar-refractivity contribution in [3.63, 3.8) is 0 Å². The Morgan fingerprint density at radius 2 is 1.96 bits per heavy atom. The summed E-state index contributed by atoms with van der Waals surface area (Å²) >= 11 is 0. The van der Waals surface area contributed by atoms with Crippen LogP contribution >= 0.6 is 0 Å². The first-order valence-corrected chi connectivity index (χ1v) is 8.61. The van der Waals surface area contributed by atoms with Gasteiger partial charge in [-0.25, -0.2) is 0 Å². The number of fused-ring (bicyclic) bond motifs is 2. The summed E-state index contributed by atoms with van der Waals surface area (Å²) in [6, 6.07) is 16.1. The molecule has 1 aromatic heterocycles. The highest BCUT2D eigenvalue weighted by molar-refractivity contribution is 5.78. The molecular weight excluding hydrogens is 356 g/mol. The van der Waals surface area contributed by atoms with Gasteiger partial charge in [-0.1, -0.05) is 36.9 Å². The minimum atomic E-state index is -0.692. The monoisotopic (exact) mass is 372 g/mol. The van der Waals surface area contributed by atoms with Crippen LogP contribution in [0.4, 0.5) is 0 Å². The quantitative estimate of drug-likeness (QED) is 0.703. The fraction of sp³-hybridized carbons (Fsp3) is 0.0909. The van der Waals surface area contributed by atoms with Crippen LogP contribution in [0.25, 0.3) is 11.0 Å². The Morgan fingerprint density at radius 1 is 1.21 bits per heavy atom. The van der Waals surface area contributed by atoms with Gasteiger partial charge in [-0.2, -0.15) is 5.26 Å². The van der Waals surface area contributed by atoms with Crippen LogP contribution in [0.5, 0.6) is 11.7 Å². The summed E-state index contributed by atoms with van der Waals surface area (Å²) in [7, 11) is 0. The average molecular weight is 372 g/mol. The lowest BCUT2D eigenvalue weighted by Gasteiger charge is -2.24. The molecule has 0 radical (unpaired) electrons. The zero-order valence-electron chi connectivity index (χ0n) is 14.8. The smallest absolute Gasteiger partial charge is 0.300 e. The highest BCUT2D eigenvalue weighted by Gasteiger charge is 2.35. The summed E-state index contributed by atoms with van der Waals surface area (Å²) in [5.41, 5.74) is 7.22. The van der Waals surface area contributed by atoms with Crippen LogP contribution in [0.15, 0.2) is 81.9 Å². The number of hydrogen-bond donors (Lipinski definition) is 1. The Balaban J connectivity index is 1.91. The van der Waals surface area contributed by atoms with E-state index in [0.717, 1.165) is 0 Å². The van der Waals surface area contributed by atoms with Crippen molar-refractivity contribution in [3.8, 4) is 17.8 Å². The summed E-state index contributed by atoms with van der Waals surface area (Å²) in [5.74, 6) is -0.109. The number of benzene rings is 2.